The number of alkyl halides is 3. The summed E-state index contributed by atoms with van der Waals surface area (Å²) in [5.74, 6) is -2.03. The molecule has 3 aromatic heterocycles. The van der Waals surface area contributed by atoms with E-state index in [1.807, 2.05) is 48.2 Å². The van der Waals surface area contributed by atoms with Crippen LogP contribution in [-0.2, 0) is 22.3 Å². The van der Waals surface area contributed by atoms with Gasteiger partial charge in [-0.3, -0.25) is 19.0 Å². The maximum atomic E-state index is 15.0. The van der Waals surface area contributed by atoms with E-state index in [1.54, 1.807) is 4.57 Å². The van der Waals surface area contributed by atoms with Crippen molar-refractivity contribution in [2.24, 2.45) is 0 Å². The van der Waals surface area contributed by atoms with Gasteiger partial charge in [-0.05, 0) is 48.2 Å². The quantitative estimate of drug-likeness (QED) is 0.184. The van der Waals surface area contributed by atoms with Gasteiger partial charge in [-0.1, -0.05) is 54.9 Å². The predicted molar refractivity (Wildman–Crippen MR) is 201 cm³/mol. The molecule has 18 heteroatoms. The Morgan fingerprint density at radius 2 is 1.84 bits per heavy atom. The lowest BCUT2D eigenvalue weighted by molar-refractivity contribution is -0.137. The van der Waals surface area contributed by atoms with Gasteiger partial charge in [0.15, 0.2) is 23.1 Å². The number of halogens is 5. The zero-order valence-electron chi connectivity index (χ0n) is 30.4. The van der Waals surface area contributed by atoms with Crippen molar-refractivity contribution in [3.63, 3.8) is 0 Å². The third kappa shape index (κ3) is 7.32. The van der Waals surface area contributed by atoms with Crippen molar-refractivity contribution in [1.82, 2.24) is 29.0 Å². The van der Waals surface area contributed by atoms with Crippen molar-refractivity contribution in [3.8, 4) is 5.75 Å². The van der Waals surface area contributed by atoms with Crippen LogP contribution in [0.2, 0.25) is 5.02 Å². The van der Waals surface area contributed by atoms with Crippen molar-refractivity contribution in [2.45, 2.75) is 44.5 Å². The van der Waals surface area contributed by atoms with Crippen molar-refractivity contribution >= 4 is 46.1 Å². The minimum Gasteiger partial charge on any atom is -0.483 e. The number of nitrogens with zero attached hydrogens (tertiary/aromatic N) is 7. The van der Waals surface area contributed by atoms with Gasteiger partial charge in [0.25, 0.3) is 11.5 Å². The van der Waals surface area contributed by atoms with Crippen LogP contribution in [-0.4, -0.2) is 80.3 Å². The Morgan fingerprint density at radius 3 is 2.54 bits per heavy atom. The molecule has 0 spiro atoms. The standard InChI is InChI=1S/C39H35ClF4N8O5/c1-22-19-29(35(53)46-28-8-7-25(20-26(28)40)39(42,43)44)51-31(22)32(37(55)52-38(51)47-34(48-52)24-10-17-56-18-11-24)49-13-15-50(16-14-49)36(54)30-33(27(41)9-12-45-30)57-21-23-5-3-2-4-6-23/h2-10,12,20,22,29H,11,13-19,21H2,1H3,(H,46,53)/t22-,29-/m1/s1. The fraction of sp³-hybridized carbons (Fsp3) is 0.333. The zero-order chi connectivity index (χ0) is 40.0. The molecule has 1 fully saturated rings. The number of benzene rings is 2. The highest BCUT2D eigenvalue weighted by Crippen LogP contribution is 2.42. The molecule has 2 atom stereocenters. The first-order valence-electron chi connectivity index (χ1n) is 18.2. The number of fused-ring (bicyclic) bond motifs is 3. The molecule has 0 bridgehead atoms. The summed E-state index contributed by atoms with van der Waals surface area (Å²) < 4.78 is 69.1. The molecule has 0 saturated carbocycles. The van der Waals surface area contributed by atoms with Gasteiger partial charge in [0.2, 0.25) is 11.7 Å². The summed E-state index contributed by atoms with van der Waals surface area (Å²) in [6.07, 6.45) is -0.858. The molecular formula is C39H35ClF4N8O5. The second-order valence-electron chi connectivity index (χ2n) is 14.0. The molecule has 2 amide bonds. The molecule has 0 radical (unpaired) electrons. The number of piperazine rings is 1. The monoisotopic (exact) mass is 806 g/mol. The number of pyridine rings is 1. The zero-order valence-corrected chi connectivity index (χ0v) is 31.2. The molecular weight excluding hydrogens is 772 g/mol. The van der Waals surface area contributed by atoms with E-state index in [1.165, 1.54) is 15.6 Å². The largest absolute Gasteiger partial charge is 0.483 e. The number of aromatic nitrogens is 5. The molecule has 3 aliphatic heterocycles. The molecule has 296 valence electrons. The number of anilines is 2. The first-order valence-corrected chi connectivity index (χ1v) is 18.6. The highest BCUT2D eigenvalue weighted by Gasteiger charge is 2.41. The molecule has 57 heavy (non-hydrogen) atoms. The predicted octanol–water partition coefficient (Wildman–Crippen LogP) is 6.13. The normalized spacial score (nSPS) is 18.4. The number of nitrogens with one attached hydrogen (secondary N) is 1. The SMILES string of the molecule is C[C@@H]1C[C@H](C(=O)Nc2ccc(C(F)(F)F)cc2Cl)n2c1c(N1CCN(C(=O)c3nccc(F)c3OCc3ccccc3)CC1)c(=O)n1nc(C3=CCOCC3)nc21. The van der Waals surface area contributed by atoms with Crippen LogP contribution >= 0.6 is 11.6 Å². The van der Waals surface area contributed by atoms with Gasteiger partial charge in [0.1, 0.15) is 18.3 Å². The van der Waals surface area contributed by atoms with E-state index >= 15 is 4.39 Å². The first kappa shape index (κ1) is 38.1. The lowest BCUT2D eigenvalue weighted by Crippen LogP contribution is -2.51. The van der Waals surface area contributed by atoms with E-state index in [2.05, 4.69) is 15.4 Å². The van der Waals surface area contributed by atoms with E-state index in [0.717, 1.165) is 35.4 Å². The molecule has 1 N–H and O–H groups in total. The summed E-state index contributed by atoms with van der Waals surface area (Å²) in [5, 5.41) is 6.99. The highest BCUT2D eigenvalue weighted by atomic mass is 35.5. The summed E-state index contributed by atoms with van der Waals surface area (Å²) in [4.78, 5) is 54.6. The van der Waals surface area contributed by atoms with Crippen LogP contribution in [0.15, 0.2) is 71.7 Å². The minimum atomic E-state index is -4.62. The van der Waals surface area contributed by atoms with Crippen molar-refractivity contribution in [3.05, 3.63) is 116 Å². The Balaban J connectivity index is 1.11. The molecule has 8 rings (SSSR count). The molecule has 5 aromatic rings. The molecule has 0 unspecified atom stereocenters. The summed E-state index contributed by atoms with van der Waals surface area (Å²) in [6.45, 7) is 3.36. The number of amides is 2. The number of carbonyl (C=O) groups is 2. The lowest BCUT2D eigenvalue weighted by Gasteiger charge is -2.36. The third-order valence-corrected chi connectivity index (χ3v) is 10.6. The van der Waals surface area contributed by atoms with E-state index in [0.29, 0.717) is 31.2 Å². The summed E-state index contributed by atoms with van der Waals surface area (Å²) >= 11 is 6.21. The first-order chi connectivity index (χ1) is 27.4. The number of carbonyl (C=O) groups excluding carboxylic acids is 2. The third-order valence-electron chi connectivity index (χ3n) is 10.3. The molecule has 3 aliphatic rings. The van der Waals surface area contributed by atoms with E-state index in [9.17, 15) is 27.6 Å². The maximum Gasteiger partial charge on any atom is 0.416 e. The summed E-state index contributed by atoms with van der Waals surface area (Å²) in [5.41, 5.74) is 0.744. The number of hydrogen-bond donors (Lipinski definition) is 1. The average Bonchev–Trinajstić information content (AvgIpc) is 3.81. The van der Waals surface area contributed by atoms with Crippen LogP contribution in [0.3, 0.4) is 0 Å². The van der Waals surface area contributed by atoms with Gasteiger partial charge in [-0.25, -0.2) is 9.37 Å². The van der Waals surface area contributed by atoms with E-state index < -0.39 is 41.0 Å². The minimum absolute atomic E-state index is 0.00947. The van der Waals surface area contributed by atoms with Crippen LogP contribution in [0.1, 0.15) is 64.9 Å². The van der Waals surface area contributed by atoms with Crippen LogP contribution in [0.5, 0.6) is 5.75 Å². The number of hydrogen-bond acceptors (Lipinski definition) is 9. The fourth-order valence-electron chi connectivity index (χ4n) is 7.48. The highest BCUT2D eigenvalue weighted by molar-refractivity contribution is 6.33. The molecule has 13 nitrogen and oxygen atoms in total. The Labute approximate surface area is 327 Å². The maximum absolute atomic E-state index is 15.0. The van der Waals surface area contributed by atoms with Gasteiger partial charge in [-0.15, -0.1) is 5.10 Å². The van der Waals surface area contributed by atoms with E-state index in [-0.39, 0.29) is 78.7 Å². The van der Waals surface area contributed by atoms with Crippen LogP contribution in [0.4, 0.5) is 28.9 Å². The van der Waals surface area contributed by atoms with Crippen molar-refractivity contribution < 1.29 is 36.6 Å². The topological polar surface area (TPSA) is 136 Å². The molecule has 0 aliphatic carbocycles. The Morgan fingerprint density at radius 1 is 1.07 bits per heavy atom. The molecule has 1 saturated heterocycles. The second-order valence-corrected chi connectivity index (χ2v) is 14.4. The van der Waals surface area contributed by atoms with Crippen LogP contribution in [0.25, 0.3) is 11.4 Å². The van der Waals surface area contributed by atoms with Gasteiger partial charge >= 0.3 is 6.18 Å². The smallest absolute Gasteiger partial charge is 0.416 e. The fourth-order valence-corrected chi connectivity index (χ4v) is 7.71. The van der Waals surface area contributed by atoms with E-state index in [4.69, 9.17) is 26.1 Å². The number of rotatable bonds is 8. The van der Waals surface area contributed by atoms with Crippen LogP contribution in [0, 0.1) is 5.82 Å². The summed E-state index contributed by atoms with van der Waals surface area (Å²) in [6, 6.07) is 12.0. The molecule has 6 heterocycles. The Bertz CT molecular complexity index is 2470. The summed E-state index contributed by atoms with van der Waals surface area (Å²) in [7, 11) is 0. The van der Waals surface area contributed by atoms with Gasteiger partial charge < -0.3 is 24.6 Å². The van der Waals surface area contributed by atoms with Gasteiger partial charge in [0, 0.05) is 38.3 Å². The Hall–Kier alpha value is -5.81. The van der Waals surface area contributed by atoms with Crippen molar-refractivity contribution in [1.29, 1.82) is 0 Å². The van der Waals surface area contributed by atoms with Gasteiger partial charge in [-0.2, -0.15) is 22.7 Å². The average molecular weight is 807 g/mol. The number of ether oxygens (including phenoxy) is 2. The van der Waals surface area contributed by atoms with Crippen LogP contribution < -0.4 is 20.5 Å². The second kappa shape index (κ2) is 15.3. The Kier molecular flexibility index (Phi) is 10.2. The lowest BCUT2D eigenvalue weighted by atomic mass is 10.0. The van der Waals surface area contributed by atoms with Gasteiger partial charge in [0.05, 0.1) is 35.2 Å². The van der Waals surface area contributed by atoms with Crippen molar-refractivity contribution in [2.75, 3.05) is 49.6 Å². The molecule has 2 aromatic carbocycles.